The standard InChI is InChI=1S/C10H15.3C7H7.Zr/c1-6-7(2)9(4)10(5)8(6)3;3*1-7-5-3-2-4-6-7;/h1-5H3;3*2-6H,1H2;/q4*-1;+4. The summed E-state index contributed by atoms with van der Waals surface area (Å²) < 4.78 is 0. The molecule has 1 heteroatoms. The number of benzene rings is 3. The molecule has 0 radical (unpaired) electrons. The average molecular weight is 500 g/mol. The Bertz CT molecular complexity index is 812. The van der Waals surface area contributed by atoms with Crippen LogP contribution in [0.25, 0.3) is 0 Å². The second-order valence-corrected chi connectivity index (χ2v) is 7.58. The van der Waals surface area contributed by atoms with Gasteiger partial charge in [-0.15, -0.1) is 36.4 Å². The van der Waals surface area contributed by atoms with Gasteiger partial charge in [0.25, 0.3) is 0 Å². The third-order valence-electron chi connectivity index (χ3n) is 5.34. The van der Waals surface area contributed by atoms with Crippen LogP contribution in [0.15, 0.2) is 91.0 Å². The first-order valence-corrected chi connectivity index (χ1v) is 10.5. The van der Waals surface area contributed by atoms with Crippen molar-refractivity contribution >= 4 is 0 Å². The molecule has 32 heavy (non-hydrogen) atoms. The van der Waals surface area contributed by atoms with Crippen LogP contribution in [-0.4, -0.2) is 0 Å². The maximum Gasteiger partial charge on any atom is 4.00 e. The molecule has 0 spiro atoms. The number of hydrogen-bond acceptors (Lipinski definition) is 0. The zero-order chi connectivity index (χ0) is 23.2. The third kappa shape index (κ3) is 11.2. The smallest absolute Gasteiger partial charge is 0.199 e. The van der Waals surface area contributed by atoms with Gasteiger partial charge < -0.3 is 0 Å². The quantitative estimate of drug-likeness (QED) is 0.213. The fraction of sp³-hybridized carbons (Fsp3) is 0.161. The summed E-state index contributed by atoms with van der Waals surface area (Å²) in [5.41, 5.74) is 10.6. The summed E-state index contributed by atoms with van der Waals surface area (Å²) in [5, 5.41) is 0. The predicted octanol–water partition coefficient (Wildman–Crippen LogP) is 8.55. The average Bonchev–Trinajstić information content (AvgIpc) is 2.94. The first kappa shape index (κ1) is 29.5. The van der Waals surface area contributed by atoms with E-state index < -0.39 is 0 Å². The van der Waals surface area contributed by atoms with Gasteiger partial charge in [-0.1, -0.05) is 52.8 Å². The van der Waals surface area contributed by atoms with E-state index in [1.165, 1.54) is 27.8 Å². The summed E-state index contributed by atoms with van der Waals surface area (Å²) in [6, 6.07) is 29.6. The minimum Gasteiger partial charge on any atom is -0.199 e. The van der Waals surface area contributed by atoms with Gasteiger partial charge in [0.05, 0.1) is 0 Å². The Kier molecular flexibility index (Phi) is 14.9. The zero-order valence-electron chi connectivity index (χ0n) is 20.3. The van der Waals surface area contributed by atoms with Gasteiger partial charge >= 0.3 is 26.2 Å². The minimum absolute atomic E-state index is 0. The van der Waals surface area contributed by atoms with Crippen LogP contribution < -0.4 is 0 Å². The molecule has 0 amide bonds. The van der Waals surface area contributed by atoms with Gasteiger partial charge in [0.2, 0.25) is 0 Å². The van der Waals surface area contributed by atoms with Crippen LogP contribution in [0.4, 0.5) is 0 Å². The van der Waals surface area contributed by atoms with Gasteiger partial charge in [-0.3, -0.25) is 0 Å². The molecule has 0 N–H and O–H groups in total. The molecule has 0 aromatic heterocycles. The van der Waals surface area contributed by atoms with E-state index in [-0.39, 0.29) is 26.2 Å². The van der Waals surface area contributed by atoms with E-state index in [1.807, 2.05) is 91.0 Å². The molecule has 0 saturated carbocycles. The van der Waals surface area contributed by atoms with Crippen molar-refractivity contribution < 1.29 is 26.2 Å². The fourth-order valence-electron chi connectivity index (χ4n) is 2.84. The molecular weight excluding hydrogens is 464 g/mol. The van der Waals surface area contributed by atoms with E-state index >= 15 is 0 Å². The van der Waals surface area contributed by atoms with Crippen LogP contribution in [0, 0.1) is 55.4 Å². The molecule has 4 aromatic rings. The Morgan fingerprint density at radius 1 is 0.469 bits per heavy atom. The molecule has 0 aliphatic carbocycles. The zero-order valence-corrected chi connectivity index (χ0v) is 22.7. The molecule has 0 aliphatic heterocycles. The molecule has 0 aliphatic rings. The molecule has 4 rings (SSSR count). The molecule has 0 heterocycles. The third-order valence-corrected chi connectivity index (χ3v) is 5.34. The van der Waals surface area contributed by atoms with Gasteiger partial charge in [-0.25, -0.2) is 0 Å². The molecule has 164 valence electrons. The van der Waals surface area contributed by atoms with Crippen LogP contribution in [0.1, 0.15) is 44.5 Å². The number of rotatable bonds is 0. The van der Waals surface area contributed by atoms with Gasteiger partial charge in [-0.2, -0.15) is 102 Å². The topological polar surface area (TPSA) is 0 Å². The SMILES string of the molecule is Cc1c(C)c(C)[c-](C)c1C.[CH2-]c1ccccc1.[CH2-]c1ccccc1.[CH2-]c1ccccc1.[Zr+4]. The maximum atomic E-state index is 3.72. The van der Waals surface area contributed by atoms with Crippen LogP contribution in [0.5, 0.6) is 0 Å². The second-order valence-electron chi connectivity index (χ2n) is 7.58. The molecule has 4 aromatic carbocycles. The first-order chi connectivity index (χ1) is 14.7. The van der Waals surface area contributed by atoms with Crippen molar-refractivity contribution in [3.63, 3.8) is 0 Å². The molecule has 0 bridgehead atoms. The van der Waals surface area contributed by atoms with E-state index in [2.05, 4.69) is 55.4 Å². The van der Waals surface area contributed by atoms with Crippen molar-refractivity contribution in [2.45, 2.75) is 34.6 Å². The summed E-state index contributed by atoms with van der Waals surface area (Å²) in [6.07, 6.45) is 0. The first-order valence-electron chi connectivity index (χ1n) is 10.5. The molecule has 0 fully saturated rings. The van der Waals surface area contributed by atoms with Crippen molar-refractivity contribution in [3.05, 3.63) is 156 Å². The second kappa shape index (κ2) is 16.2. The van der Waals surface area contributed by atoms with Crippen LogP contribution >= 0.6 is 0 Å². The fourth-order valence-corrected chi connectivity index (χ4v) is 2.84. The summed E-state index contributed by atoms with van der Waals surface area (Å²) in [4.78, 5) is 0. The van der Waals surface area contributed by atoms with E-state index in [1.54, 1.807) is 0 Å². The Morgan fingerprint density at radius 2 is 0.688 bits per heavy atom. The van der Waals surface area contributed by atoms with E-state index in [0.29, 0.717) is 0 Å². The van der Waals surface area contributed by atoms with Crippen molar-refractivity contribution in [3.8, 4) is 0 Å². The predicted molar refractivity (Wildman–Crippen MR) is 138 cm³/mol. The Morgan fingerprint density at radius 3 is 0.781 bits per heavy atom. The Balaban J connectivity index is 0.000000401. The maximum absolute atomic E-state index is 3.72. The summed E-state index contributed by atoms with van der Waals surface area (Å²) in [6.45, 7) is 22.2. The van der Waals surface area contributed by atoms with Crippen LogP contribution in [0.3, 0.4) is 0 Å². The van der Waals surface area contributed by atoms with Crippen LogP contribution in [-0.2, 0) is 26.2 Å². The molecular formula is C31H36Zr. The van der Waals surface area contributed by atoms with Crippen molar-refractivity contribution in [2.75, 3.05) is 0 Å². The molecule has 0 unspecified atom stereocenters. The van der Waals surface area contributed by atoms with Crippen molar-refractivity contribution in [1.29, 1.82) is 0 Å². The normalized spacial score (nSPS) is 8.91. The summed E-state index contributed by atoms with van der Waals surface area (Å²) in [5.74, 6) is 0. The van der Waals surface area contributed by atoms with E-state index in [9.17, 15) is 0 Å². The Hall–Kier alpha value is -2.50. The number of hydrogen-bond donors (Lipinski definition) is 0. The van der Waals surface area contributed by atoms with Gasteiger partial charge in [0.15, 0.2) is 0 Å². The minimum atomic E-state index is 0. The monoisotopic (exact) mass is 498 g/mol. The van der Waals surface area contributed by atoms with E-state index in [0.717, 1.165) is 16.7 Å². The summed E-state index contributed by atoms with van der Waals surface area (Å²) >= 11 is 0. The van der Waals surface area contributed by atoms with E-state index in [4.69, 9.17) is 0 Å². The van der Waals surface area contributed by atoms with Gasteiger partial charge in [0.1, 0.15) is 0 Å². The molecule has 0 nitrogen and oxygen atoms in total. The molecule has 0 atom stereocenters. The van der Waals surface area contributed by atoms with Gasteiger partial charge in [0, 0.05) is 0 Å². The molecule has 0 saturated heterocycles. The summed E-state index contributed by atoms with van der Waals surface area (Å²) in [7, 11) is 0. The Labute approximate surface area is 216 Å². The largest absolute Gasteiger partial charge is 4.00 e. The van der Waals surface area contributed by atoms with Crippen molar-refractivity contribution in [1.82, 2.24) is 0 Å². The van der Waals surface area contributed by atoms with Gasteiger partial charge in [-0.05, 0) is 0 Å². The van der Waals surface area contributed by atoms with Crippen molar-refractivity contribution in [2.24, 2.45) is 0 Å². The van der Waals surface area contributed by atoms with Crippen LogP contribution in [0.2, 0.25) is 0 Å².